The summed E-state index contributed by atoms with van der Waals surface area (Å²) in [5, 5.41) is 13.4. The van der Waals surface area contributed by atoms with Crippen molar-refractivity contribution in [3.63, 3.8) is 0 Å². The number of non-ortho nitro benzene ring substituents is 1. The molecular formula is C18H21N3O3. The van der Waals surface area contributed by atoms with Gasteiger partial charge in [-0.05, 0) is 18.2 Å². The zero-order valence-corrected chi connectivity index (χ0v) is 13.6. The summed E-state index contributed by atoms with van der Waals surface area (Å²) in [6.45, 7) is 1.84. The van der Waals surface area contributed by atoms with Gasteiger partial charge in [0.1, 0.15) is 0 Å². The molecule has 0 unspecified atom stereocenters. The van der Waals surface area contributed by atoms with Crippen molar-refractivity contribution in [2.45, 2.75) is 19.5 Å². The molecule has 6 heteroatoms. The molecule has 126 valence electrons. The van der Waals surface area contributed by atoms with Gasteiger partial charge in [-0.1, -0.05) is 42.5 Å². The predicted molar refractivity (Wildman–Crippen MR) is 92.3 cm³/mol. The normalized spacial score (nSPS) is 10.6. The fourth-order valence-electron chi connectivity index (χ4n) is 2.29. The van der Waals surface area contributed by atoms with Gasteiger partial charge in [0, 0.05) is 38.2 Å². The summed E-state index contributed by atoms with van der Waals surface area (Å²) in [6.07, 6.45) is 0.413. The van der Waals surface area contributed by atoms with Crippen molar-refractivity contribution in [3.8, 4) is 0 Å². The van der Waals surface area contributed by atoms with Crippen LogP contribution in [-0.2, 0) is 17.9 Å². The predicted octanol–water partition coefficient (Wildman–Crippen LogP) is 2.73. The molecule has 0 aliphatic heterocycles. The van der Waals surface area contributed by atoms with Gasteiger partial charge in [-0.2, -0.15) is 0 Å². The molecule has 2 aromatic carbocycles. The van der Waals surface area contributed by atoms with Crippen molar-refractivity contribution in [1.29, 1.82) is 0 Å². The van der Waals surface area contributed by atoms with Crippen LogP contribution in [0.5, 0.6) is 0 Å². The van der Waals surface area contributed by atoms with Crippen LogP contribution in [0.2, 0.25) is 0 Å². The molecule has 0 saturated heterocycles. The van der Waals surface area contributed by atoms with Gasteiger partial charge < -0.3 is 10.2 Å². The Morgan fingerprint density at radius 2 is 1.75 bits per heavy atom. The number of nitro groups is 1. The van der Waals surface area contributed by atoms with E-state index in [0.717, 1.165) is 12.1 Å². The van der Waals surface area contributed by atoms with E-state index in [9.17, 15) is 14.9 Å². The maximum Gasteiger partial charge on any atom is 0.269 e. The molecule has 0 aliphatic rings. The van der Waals surface area contributed by atoms with E-state index in [4.69, 9.17) is 0 Å². The lowest BCUT2D eigenvalue weighted by Crippen LogP contribution is -2.28. The Balaban J connectivity index is 1.70. The standard InChI is InChI=1S/C18H21N3O3/c1-20(14-16-5-3-2-4-6-16)12-11-18(22)19-13-15-7-9-17(10-8-15)21(23)24/h2-10H,11-14H2,1H3,(H,19,22). The van der Waals surface area contributed by atoms with Gasteiger partial charge in [0.15, 0.2) is 0 Å². The average Bonchev–Trinajstić information content (AvgIpc) is 2.59. The Labute approximate surface area is 141 Å². The van der Waals surface area contributed by atoms with Crippen molar-refractivity contribution in [1.82, 2.24) is 10.2 Å². The molecule has 0 aliphatic carbocycles. The number of hydrogen-bond donors (Lipinski definition) is 1. The number of amides is 1. The largest absolute Gasteiger partial charge is 0.352 e. The first kappa shape index (κ1) is 17.6. The van der Waals surface area contributed by atoms with Crippen LogP contribution >= 0.6 is 0 Å². The van der Waals surface area contributed by atoms with Crippen LogP contribution in [0.15, 0.2) is 54.6 Å². The molecule has 0 spiro atoms. The highest BCUT2D eigenvalue weighted by Gasteiger charge is 2.07. The first-order chi connectivity index (χ1) is 11.5. The maximum absolute atomic E-state index is 11.9. The Morgan fingerprint density at radius 3 is 2.38 bits per heavy atom. The first-order valence-corrected chi connectivity index (χ1v) is 7.77. The molecule has 2 aromatic rings. The van der Waals surface area contributed by atoms with Crippen LogP contribution in [0.1, 0.15) is 17.5 Å². The number of nitro benzene ring substituents is 1. The SMILES string of the molecule is CN(CCC(=O)NCc1ccc([N+](=O)[O-])cc1)Cc1ccccc1. The van der Waals surface area contributed by atoms with E-state index in [1.54, 1.807) is 12.1 Å². The molecule has 0 heterocycles. The molecule has 0 atom stereocenters. The second kappa shape index (κ2) is 8.79. The fourth-order valence-corrected chi connectivity index (χ4v) is 2.29. The first-order valence-electron chi connectivity index (χ1n) is 7.77. The second-order valence-electron chi connectivity index (χ2n) is 5.67. The molecule has 24 heavy (non-hydrogen) atoms. The number of nitrogens with one attached hydrogen (secondary N) is 1. The van der Waals surface area contributed by atoms with Crippen LogP contribution in [0.25, 0.3) is 0 Å². The summed E-state index contributed by atoms with van der Waals surface area (Å²) in [5.41, 5.74) is 2.10. The topological polar surface area (TPSA) is 75.5 Å². The number of rotatable bonds is 8. The van der Waals surface area contributed by atoms with Crippen LogP contribution < -0.4 is 5.32 Å². The third-order valence-corrected chi connectivity index (χ3v) is 3.65. The summed E-state index contributed by atoms with van der Waals surface area (Å²) in [6, 6.07) is 16.3. The van der Waals surface area contributed by atoms with Gasteiger partial charge in [0.05, 0.1) is 4.92 Å². The minimum atomic E-state index is -0.440. The van der Waals surface area contributed by atoms with Crippen LogP contribution in [0, 0.1) is 10.1 Å². The minimum Gasteiger partial charge on any atom is -0.352 e. The summed E-state index contributed by atoms with van der Waals surface area (Å²) < 4.78 is 0. The second-order valence-corrected chi connectivity index (χ2v) is 5.67. The smallest absolute Gasteiger partial charge is 0.269 e. The fraction of sp³-hybridized carbons (Fsp3) is 0.278. The van der Waals surface area contributed by atoms with E-state index in [2.05, 4.69) is 22.3 Å². The average molecular weight is 327 g/mol. The van der Waals surface area contributed by atoms with Gasteiger partial charge in [-0.25, -0.2) is 0 Å². The Kier molecular flexibility index (Phi) is 6.45. The van der Waals surface area contributed by atoms with E-state index in [-0.39, 0.29) is 11.6 Å². The third kappa shape index (κ3) is 5.81. The monoisotopic (exact) mass is 327 g/mol. The maximum atomic E-state index is 11.9. The molecule has 0 saturated carbocycles. The molecule has 6 nitrogen and oxygen atoms in total. The minimum absolute atomic E-state index is 0.0340. The lowest BCUT2D eigenvalue weighted by atomic mass is 10.2. The van der Waals surface area contributed by atoms with Crippen LogP contribution in [-0.4, -0.2) is 29.3 Å². The molecule has 0 fully saturated rings. The summed E-state index contributed by atoms with van der Waals surface area (Å²) in [7, 11) is 1.98. The third-order valence-electron chi connectivity index (χ3n) is 3.65. The number of benzene rings is 2. The van der Waals surface area contributed by atoms with Gasteiger partial charge in [0.25, 0.3) is 5.69 Å². The molecule has 1 amide bonds. The van der Waals surface area contributed by atoms with Crippen LogP contribution in [0.4, 0.5) is 5.69 Å². The highest BCUT2D eigenvalue weighted by atomic mass is 16.6. The number of hydrogen-bond acceptors (Lipinski definition) is 4. The van der Waals surface area contributed by atoms with Gasteiger partial charge in [-0.3, -0.25) is 14.9 Å². The summed E-state index contributed by atoms with van der Waals surface area (Å²) in [4.78, 5) is 24.2. The van der Waals surface area contributed by atoms with Crippen molar-refractivity contribution in [3.05, 3.63) is 75.8 Å². The molecule has 0 radical (unpaired) electrons. The quantitative estimate of drug-likeness (QED) is 0.597. The Bertz CT molecular complexity index is 672. The molecule has 2 rings (SSSR count). The Morgan fingerprint density at radius 1 is 1.08 bits per heavy atom. The molecular weight excluding hydrogens is 306 g/mol. The van der Waals surface area contributed by atoms with Gasteiger partial charge >= 0.3 is 0 Å². The zero-order valence-electron chi connectivity index (χ0n) is 13.6. The van der Waals surface area contributed by atoms with Crippen molar-refractivity contribution >= 4 is 11.6 Å². The van der Waals surface area contributed by atoms with Crippen molar-refractivity contribution in [2.75, 3.05) is 13.6 Å². The number of carbonyl (C=O) groups is 1. The van der Waals surface area contributed by atoms with E-state index in [1.165, 1.54) is 17.7 Å². The zero-order chi connectivity index (χ0) is 17.4. The lowest BCUT2D eigenvalue weighted by molar-refractivity contribution is -0.384. The van der Waals surface area contributed by atoms with E-state index in [1.807, 2.05) is 25.2 Å². The number of nitrogens with zero attached hydrogens (tertiary/aromatic N) is 2. The highest BCUT2D eigenvalue weighted by molar-refractivity contribution is 5.76. The van der Waals surface area contributed by atoms with Gasteiger partial charge in [-0.15, -0.1) is 0 Å². The molecule has 0 bridgehead atoms. The summed E-state index contributed by atoms with van der Waals surface area (Å²) >= 11 is 0. The van der Waals surface area contributed by atoms with Crippen LogP contribution in [0.3, 0.4) is 0 Å². The number of carbonyl (C=O) groups excluding carboxylic acids is 1. The lowest BCUT2D eigenvalue weighted by Gasteiger charge is -2.16. The summed E-state index contributed by atoms with van der Waals surface area (Å²) in [5.74, 6) is -0.0340. The van der Waals surface area contributed by atoms with Gasteiger partial charge in [0.2, 0.25) is 5.91 Å². The van der Waals surface area contributed by atoms with E-state index in [0.29, 0.717) is 19.5 Å². The van der Waals surface area contributed by atoms with Crippen molar-refractivity contribution in [2.24, 2.45) is 0 Å². The van der Waals surface area contributed by atoms with E-state index >= 15 is 0 Å². The van der Waals surface area contributed by atoms with Crippen molar-refractivity contribution < 1.29 is 9.72 Å². The van der Waals surface area contributed by atoms with E-state index < -0.39 is 4.92 Å². The molecule has 1 N–H and O–H groups in total. The molecule has 0 aromatic heterocycles. The highest BCUT2D eigenvalue weighted by Crippen LogP contribution is 2.11. The Hall–Kier alpha value is -2.73.